The largest absolute Gasteiger partial charge is 0.340 e. The van der Waals surface area contributed by atoms with E-state index in [1.165, 1.54) is 18.2 Å². The van der Waals surface area contributed by atoms with Crippen LogP contribution in [0, 0.1) is 10.1 Å². The Bertz CT molecular complexity index is 1010. The lowest BCUT2D eigenvalue weighted by molar-refractivity contribution is -0.385. The number of nitro groups is 1. The molecular weight excluding hydrogens is 344 g/mol. The number of benzene rings is 2. The van der Waals surface area contributed by atoms with Crippen molar-refractivity contribution >= 4 is 28.7 Å². The van der Waals surface area contributed by atoms with Gasteiger partial charge in [0.25, 0.3) is 5.69 Å². The molecule has 1 aliphatic rings. The Labute approximate surface area is 155 Å². The van der Waals surface area contributed by atoms with E-state index in [4.69, 9.17) is 0 Å². The van der Waals surface area contributed by atoms with Gasteiger partial charge in [-0.25, -0.2) is 4.98 Å². The maximum atomic E-state index is 12.7. The Hall–Kier alpha value is -3.48. The van der Waals surface area contributed by atoms with Crippen molar-refractivity contribution < 1.29 is 9.72 Å². The minimum Gasteiger partial charge on any atom is -0.340 e. The van der Waals surface area contributed by atoms with Crippen molar-refractivity contribution in [2.75, 3.05) is 6.54 Å². The summed E-state index contributed by atoms with van der Waals surface area (Å²) in [6.07, 6.45) is 4.65. The van der Waals surface area contributed by atoms with E-state index in [2.05, 4.69) is 9.97 Å². The van der Waals surface area contributed by atoms with Crippen LogP contribution in [0.5, 0.6) is 0 Å². The highest BCUT2D eigenvalue weighted by molar-refractivity contribution is 5.93. The van der Waals surface area contributed by atoms with E-state index < -0.39 is 4.92 Å². The fourth-order valence-corrected chi connectivity index (χ4v) is 3.50. The first kappa shape index (κ1) is 17.0. The molecule has 0 radical (unpaired) electrons. The van der Waals surface area contributed by atoms with Crippen molar-refractivity contribution in [3.05, 3.63) is 76.1 Å². The number of nitrogens with one attached hydrogen (secondary N) is 1. The van der Waals surface area contributed by atoms with Crippen molar-refractivity contribution in [3.63, 3.8) is 0 Å². The van der Waals surface area contributed by atoms with E-state index in [1.807, 2.05) is 24.3 Å². The molecule has 7 nitrogen and oxygen atoms in total. The normalized spacial score (nSPS) is 17.0. The van der Waals surface area contributed by atoms with Gasteiger partial charge in [-0.1, -0.05) is 24.3 Å². The Morgan fingerprint density at radius 2 is 2.00 bits per heavy atom. The highest BCUT2D eigenvalue weighted by Crippen LogP contribution is 2.31. The molecule has 136 valence electrons. The van der Waals surface area contributed by atoms with Crippen LogP contribution < -0.4 is 0 Å². The first-order valence-electron chi connectivity index (χ1n) is 8.80. The van der Waals surface area contributed by atoms with Crippen LogP contribution in [-0.2, 0) is 4.79 Å². The van der Waals surface area contributed by atoms with Crippen LogP contribution in [0.3, 0.4) is 0 Å². The van der Waals surface area contributed by atoms with Crippen molar-refractivity contribution in [3.8, 4) is 0 Å². The minimum atomic E-state index is -0.447. The number of rotatable bonds is 4. The summed E-state index contributed by atoms with van der Waals surface area (Å²) in [7, 11) is 0. The Kier molecular flexibility index (Phi) is 4.42. The monoisotopic (exact) mass is 362 g/mol. The second-order valence-electron chi connectivity index (χ2n) is 6.48. The van der Waals surface area contributed by atoms with Crippen LogP contribution in [0.2, 0.25) is 0 Å². The van der Waals surface area contributed by atoms with Crippen LogP contribution in [-0.4, -0.2) is 32.2 Å². The molecule has 1 N–H and O–H groups in total. The molecular formula is C20H18N4O3. The zero-order valence-corrected chi connectivity index (χ0v) is 14.5. The highest BCUT2D eigenvalue weighted by Gasteiger charge is 2.31. The van der Waals surface area contributed by atoms with E-state index in [-0.39, 0.29) is 17.6 Å². The molecule has 7 heteroatoms. The molecule has 1 aliphatic heterocycles. The van der Waals surface area contributed by atoms with E-state index >= 15 is 0 Å². The van der Waals surface area contributed by atoms with Crippen molar-refractivity contribution in [1.82, 2.24) is 14.9 Å². The topological polar surface area (TPSA) is 92.1 Å². The SMILES string of the molecule is O=C(/C=C\c1ccccc1[N+](=O)[O-])N1CCC[C@H]1c1nc2ccccc2[nH]1. The lowest BCUT2D eigenvalue weighted by Crippen LogP contribution is -2.29. The summed E-state index contributed by atoms with van der Waals surface area (Å²) < 4.78 is 0. The van der Waals surface area contributed by atoms with Gasteiger partial charge < -0.3 is 9.88 Å². The molecule has 0 unspecified atom stereocenters. The van der Waals surface area contributed by atoms with Crippen LogP contribution in [0.15, 0.2) is 54.6 Å². The molecule has 2 heterocycles. The standard InChI is InChI=1S/C20H18N4O3/c25-19(12-11-14-6-1-4-9-17(14)24(26)27)23-13-5-10-18(23)20-21-15-7-2-3-8-16(15)22-20/h1-4,6-9,11-12,18H,5,10,13H2,(H,21,22)/b12-11-/t18-/m0/s1. The number of likely N-dealkylation sites (tertiary alicyclic amines) is 1. The smallest absolute Gasteiger partial charge is 0.276 e. The van der Waals surface area contributed by atoms with E-state index in [1.54, 1.807) is 23.1 Å². The number of aromatic amines is 1. The zero-order valence-electron chi connectivity index (χ0n) is 14.5. The number of nitrogens with zero attached hydrogens (tertiary/aromatic N) is 3. The number of imidazole rings is 1. The Morgan fingerprint density at radius 1 is 1.22 bits per heavy atom. The molecule has 2 aromatic carbocycles. The van der Waals surface area contributed by atoms with E-state index in [0.717, 1.165) is 29.7 Å². The summed E-state index contributed by atoms with van der Waals surface area (Å²) in [6, 6.07) is 14.0. The second-order valence-corrected chi connectivity index (χ2v) is 6.48. The second kappa shape index (κ2) is 7.03. The van der Waals surface area contributed by atoms with Gasteiger partial charge in [-0.15, -0.1) is 0 Å². The number of aromatic nitrogens is 2. The van der Waals surface area contributed by atoms with Crippen LogP contribution in [0.4, 0.5) is 5.69 Å². The summed E-state index contributed by atoms with van der Waals surface area (Å²) in [4.78, 5) is 33.1. The summed E-state index contributed by atoms with van der Waals surface area (Å²) in [6.45, 7) is 0.641. The molecule has 4 rings (SSSR count). The van der Waals surface area contributed by atoms with E-state index in [9.17, 15) is 14.9 Å². The average molecular weight is 362 g/mol. The first-order chi connectivity index (χ1) is 13.1. The van der Waals surface area contributed by atoms with Gasteiger partial charge in [0.15, 0.2) is 0 Å². The van der Waals surface area contributed by atoms with Gasteiger partial charge in [-0.2, -0.15) is 0 Å². The molecule has 1 aromatic heterocycles. The number of H-pyrrole nitrogens is 1. The van der Waals surface area contributed by atoms with Gasteiger partial charge >= 0.3 is 0 Å². The van der Waals surface area contributed by atoms with Gasteiger partial charge in [0.2, 0.25) is 5.91 Å². The number of amides is 1. The summed E-state index contributed by atoms with van der Waals surface area (Å²) in [5.41, 5.74) is 2.22. The molecule has 0 saturated carbocycles. The summed E-state index contributed by atoms with van der Waals surface area (Å²) >= 11 is 0. The first-order valence-corrected chi connectivity index (χ1v) is 8.80. The molecule has 0 spiro atoms. The number of carbonyl (C=O) groups is 1. The fraction of sp³-hybridized carbons (Fsp3) is 0.200. The maximum Gasteiger partial charge on any atom is 0.276 e. The lowest BCUT2D eigenvalue weighted by Gasteiger charge is -2.21. The fourth-order valence-electron chi connectivity index (χ4n) is 3.50. The predicted molar refractivity (Wildman–Crippen MR) is 102 cm³/mol. The molecule has 1 amide bonds. The van der Waals surface area contributed by atoms with Crippen molar-refractivity contribution in [2.24, 2.45) is 0 Å². The van der Waals surface area contributed by atoms with Crippen LogP contribution >= 0.6 is 0 Å². The minimum absolute atomic E-state index is 0.0168. The molecule has 1 saturated heterocycles. The molecule has 1 atom stereocenters. The van der Waals surface area contributed by atoms with Gasteiger partial charge in [-0.3, -0.25) is 14.9 Å². The van der Waals surface area contributed by atoms with Crippen molar-refractivity contribution in [1.29, 1.82) is 0 Å². The maximum absolute atomic E-state index is 12.7. The van der Waals surface area contributed by atoms with Gasteiger partial charge in [0.05, 0.1) is 27.6 Å². The van der Waals surface area contributed by atoms with Crippen LogP contribution in [0.25, 0.3) is 17.1 Å². The molecule has 27 heavy (non-hydrogen) atoms. The molecule has 0 aliphatic carbocycles. The molecule has 1 fully saturated rings. The summed E-state index contributed by atoms with van der Waals surface area (Å²) in [5.74, 6) is 0.609. The number of para-hydroxylation sites is 3. The van der Waals surface area contributed by atoms with Crippen LogP contribution in [0.1, 0.15) is 30.3 Å². The predicted octanol–water partition coefficient (Wildman–Crippen LogP) is 3.85. The molecule has 3 aromatic rings. The van der Waals surface area contributed by atoms with E-state index in [0.29, 0.717) is 12.1 Å². The quantitative estimate of drug-likeness (QED) is 0.433. The average Bonchev–Trinajstić information content (AvgIpc) is 3.32. The highest BCUT2D eigenvalue weighted by atomic mass is 16.6. The third-order valence-corrected chi connectivity index (χ3v) is 4.80. The summed E-state index contributed by atoms with van der Waals surface area (Å²) in [5, 5.41) is 11.1. The number of carbonyl (C=O) groups excluding carboxylic acids is 1. The third-order valence-electron chi connectivity index (χ3n) is 4.80. The van der Waals surface area contributed by atoms with Gasteiger partial charge in [-0.05, 0) is 37.1 Å². The number of nitro benzene ring substituents is 1. The molecule has 0 bridgehead atoms. The lowest BCUT2D eigenvalue weighted by atomic mass is 10.1. The van der Waals surface area contributed by atoms with Gasteiger partial charge in [0, 0.05) is 18.7 Å². The Morgan fingerprint density at radius 3 is 2.81 bits per heavy atom. The zero-order chi connectivity index (χ0) is 18.8. The van der Waals surface area contributed by atoms with Crippen molar-refractivity contribution in [2.45, 2.75) is 18.9 Å². The van der Waals surface area contributed by atoms with Gasteiger partial charge in [0.1, 0.15) is 5.82 Å². The third kappa shape index (κ3) is 3.31. The number of hydrogen-bond acceptors (Lipinski definition) is 4. The Balaban J connectivity index is 1.57. The number of hydrogen-bond donors (Lipinski definition) is 1. The number of fused-ring (bicyclic) bond motifs is 1.